The van der Waals surface area contributed by atoms with Gasteiger partial charge in [-0.1, -0.05) is 24.4 Å². The summed E-state index contributed by atoms with van der Waals surface area (Å²) in [4.78, 5) is 0.397. The van der Waals surface area contributed by atoms with Crippen LogP contribution in [0.2, 0.25) is 0 Å². The number of anilines is 1. The molecule has 0 amide bonds. The summed E-state index contributed by atoms with van der Waals surface area (Å²) in [6, 6.07) is 9.91. The second-order valence-corrected chi connectivity index (χ2v) is 5.12. The van der Waals surface area contributed by atoms with E-state index in [1.165, 1.54) is 0 Å². The highest BCUT2D eigenvalue weighted by atomic mass is 32.1. The summed E-state index contributed by atoms with van der Waals surface area (Å²) >= 11 is 5.10. The van der Waals surface area contributed by atoms with Crippen LogP contribution in [0.1, 0.15) is 35.6 Å². The zero-order valence-corrected chi connectivity index (χ0v) is 12.2. The Balaban J connectivity index is 2.30. The van der Waals surface area contributed by atoms with E-state index in [-0.39, 0.29) is 6.04 Å². The molecule has 0 aliphatic carbocycles. The molecule has 3 N–H and O–H groups in total. The number of nitrogens with two attached hydrogens (primary N) is 1. The maximum atomic E-state index is 5.77. The average molecular weight is 274 g/mol. The van der Waals surface area contributed by atoms with Crippen molar-refractivity contribution in [3.8, 4) is 0 Å². The van der Waals surface area contributed by atoms with Gasteiger partial charge in [-0.05, 0) is 44.5 Å². The summed E-state index contributed by atoms with van der Waals surface area (Å²) in [5, 5.41) is 3.43. The highest BCUT2D eigenvalue weighted by molar-refractivity contribution is 7.80. The molecule has 1 aromatic carbocycles. The van der Waals surface area contributed by atoms with Crippen LogP contribution in [0.5, 0.6) is 0 Å². The van der Waals surface area contributed by atoms with Gasteiger partial charge in [0.15, 0.2) is 0 Å². The summed E-state index contributed by atoms with van der Waals surface area (Å²) < 4.78 is 5.63. The van der Waals surface area contributed by atoms with E-state index in [0.29, 0.717) is 4.99 Å². The van der Waals surface area contributed by atoms with Crippen LogP contribution in [0.3, 0.4) is 0 Å². The number of para-hydroxylation sites is 1. The molecule has 0 saturated heterocycles. The van der Waals surface area contributed by atoms with E-state index >= 15 is 0 Å². The molecule has 3 nitrogen and oxygen atoms in total. The van der Waals surface area contributed by atoms with Crippen molar-refractivity contribution >= 4 is 22.9 Å². The highest BCUT2D eigenvalue weighted by Gasteiger charge is 2.14. The molecule has 0 aliphatic rings. The summed E-state index contributed by atoms with van der Waals surface area (Å²) in [7, 11) is 0. The summed E-state index contributed by atoms with van der Waals surface area (Å²) in [5.74, 6) is 1.80. The molecule has 0 bridgehead atoms. The molecular weight excluding hydrogens is 256 g/mol. The van der Waals surface area contributed by atoms with Crippen LogP contribution in [-0.4, -0.2) is 4.99 Å². The first-order valence-corrected chi connectivity index (χ1v) is 6.62. The molecule has 0 fully saturated rings. The predicted molar refractivity (Wildman–Crippen MR) is 82.5 cm³/mol. The van der Waals surface area contributed by atoms with Crippen molar-refractivity contribution < 1.29 is 4.42 Å². The van der Waals surface area contributed by atoms with Crippen LogP contribution < -0.4 is 11.1 Å². The number of hydrogen-bond donors (Lipinski definition) is 2. The monoisotopic (exact) mass is 274 g/mol. The maximum absolute atomic E-state index is 5.77. The number of benzene rings is 1. The molecular formula is C15H18N2OS. The molecule has 2 rings (SSSR count). The van der Waals surface area contributed by atoms with Crippen molar-refractivity contribution in [1.82, 2.24) is 0 Å². The molecule has 1 unspecified atom stereocenters. The lowest BCUT2D eigenvalue weighted by Gasteiger charge is -2.18. The predicted octanol–water partition coefficient (Wildman–Crippen LogP) is 3.70. The second kappa shape index (κ2) is 5.45. The summed E-state index contributed by atoms with van der Waals surface area (Å²) in [5.41, 5.74) is 8.72. The Labute approximate surface area is 118 Å². The SMILES string of the molecule is Cc1ccc(C(C)Nc2c(C)cccc2C(N)=S)o1. The Hall–Kier alpha value is -1.81. The van der Waals surface area contributed by atoms with Gasteiger partial charge in [-0.3, -0.25) is 0 Å². The second-order valence-electron chi connectivity index (χ2n) is 4.68. The van der Waals surface area contributed by atoms with Gasteiger partial charge < -0.3 is 15.5 Å². The fraction of sp³-hybridized carbons (Fsp3) is 0.267. The molecule has 2 aromatic rings. The quantitative estimate of drug-likeness (QED) is 0.835. The Morgan fingerprint density at radius 1 is 1.26 bits per heavy atom. The molecule has 0 aliphatic heterocycles. The largest absolute Gasteiger partial charge is 0.464 e. The van der Waals surface area contributed by atoms with E-state index in [4.69, 9.17) is 22.4 Å². The standard InChI is InChI=1S/C15H18N2OS/c1-9-5-4-6-12(15(16)19)14(9)17-11(3)13-8-7-10(2)18-13/h4-8,11,17H,1-3H3,(H2,16,19). The first kappa shape index (κ1) is 13.6. The van der Waals surface area contributed by atoms with Gasteiger partial charge >= 0.3 is 0 Å². The zero-order chi connectivity index (χ0) is 14.0. The summed E-state index contributed by atoms with van der Waals surface area (Å²) in [6.45, 7) is 6.02. The Kier molecular flexibility index (Phi) is 3.90. The van der Waals surface area contributed by atoms with E-state index < -0.39 is 0 Å². The molecule has 1 atom stereocenters. The normalized spacial score (nSPS) is 12.2. The minimum absolute atomic E-state index is 0.0582. The van der Waals surface area contributed by atoms with Gasteiger partial charge in [0.2, 0.25) is 0 Å². The number of thiocarbonyl (C=S) groups is 1. The van der Waals surface area contributed by atoms with Crippen LogP contribution in [-0.2, 0) is 0 Å². The molecule has 0 spiro atoms. The Morgan fingerprint density at radius 3 is 2.58 bits per heavy atom. The van der Waals surface area contributed by atoms with E-state index in [1.54, 1.807) is 0 Å². The zero-order valence-electron chi connectivity index (χ0n) is 11.4. The van der Waals surface area contributed by atoms with Gasteiger partial charge in [-0.25, -0.2) is 0 Å². The van der Waals surface area contributed by atoms with E-state index in [1.807, 2.05) is 51.1 Å². The number of aryl methyl sites for hydroxylation is 2. The lowest BCUT2D eigenvalue weighted by Crippen LogP contribution is -2.15. The minimum atomic E-state index is 0.0582. The van der Waals surface area contributed by atoms with Crippen LogP contribution in [0.4, 0.5) is 5.69 Å². The first-order valence-electron chi connectivity index (χ1n) is 6.21. The van der Waals surface area contributed by atoms with Crippen LogP contribution in [0, 0.1) is 13.8 Å². The molecule has 19 heavy (non-hydrogen) atoms. The van der Waals surface area contributed by atoms with Crippen LogP contribution in [0.15, 0.2) is 34.7 Å². The van der Waals surface area contributed by atoms with Gasteiger partial charge in [0, 0.05) is 11.3 Å². The number of rotatable bonds is 4. The van der Waals surface area contributed by atoms with Crippen molar-refractivity contribution in [2.45, 2.75) is 26.8 Å². The third-order valence-corrected chi connectivity index (χ3v) is 3.31. The summed E-state index contributed by atoms with van der Waals surface area (Å²) in [6.07, 6.45) is 0. The van der Waals surface area contributed by atoms with Crippen molar-refractivity contribution in [1.29, 1.82) is 0 Å². The highest BCUT2D eigenvalue weighted by Crippen LogP contribution is 2.26. The fourth-order valence-electron chi connectivity index (χ4n) is 2.04. The third-order valence-electron chi connectivity index (χ3n) is 3.09. The maximum Gasteiger partial charge on any atom is 0.126 e. The number of nitrogens with one attached hydrogen (secondary N) is 1. The van der Waals surface area contributed by atoms with E-state index in [0.717, 1.165) is 28.3 Å². The average Bonchev–Trinajstić information content (AvgIpc) is 2.78. The third kappa shape index (κ3) is 2.96. The van der Waals surface area contributed by atoms with Gasteiger partial charge in [0.1, 0.15) is 16.5 Å². The van der Waals surface area contributed by atoms with Gasteiger partial charge in [-0.15, -0.1) is 0 Å². The van der Waals surface area contributed by atoms with Crippen molar-refractivity contribution in [2.75, 3.05) is 5.32 Å². The van der Waals surface area contributed by atoms with E-state index in [2.05, 4.69) is 5.32 Å². The lowest BCUT2D eigenvalue weighted by atomic mass is 10.1. The lowest BCUT2D eigenvalue weighted by molar-refractivity contribution is 0.467. The molecule has 1 heterocycles. The Bertz CT molecular complexity index is 604. The fourth-order valence-corrected chi connectivity index (χ4v) is 2.21. The molecule has 4 heteroatoms. The van der Waals surface area contributed by atoms with Gasteiger partial charge in [-0.2, -0.15) is 0 Å². The topological polar surface area (TPSA) is 51.2 Å². The van der Waals surface area contributed by atoms with Crippen LogP contribution in [0.25, 0.3) is 0 Å². The first-order chi connectivity index (χ1) is 8.99. The molecule has 1 aromatic heterocycles. The molecule has 100 valence electrons. The minimum Gasteiger partial charge on any atom is -0.464 e. The van der Waals surface area contributed by atoms with Crippen molar-refractivity contribution in [3.63, 3.8) is 0 Å². The van der Waals surface area contributed by atoms with Crippen molar-refractivity contribution in [3.05, 3.63) is 53.0 Å². The molecule has 0 radical (unpaired) electrons. The van der Waals surface area contributed by atoms with Gasteiger partial charge in [0.05, 0.1) is 6.04 Å². The number of furan rings is 1. The Morgan fingerprint density at radius 2 is 2.00 bits per heavy atom. The van der Waals surface area contributed by atoms with Crippen LogP contribution >= 0.6 is 12.2 Å². The van der Waals surface area contributed by atoms with Gasteiger partial charge in [0.25, 0.3) is 0 Å². The number of hydrogen-bond acceptors (Lipinski definition) is 3. The van der Waals surface area contributed by atoms with Crippen molar-refractivity contribution in [2.24, 2.45) is 5.73 Å². The van der Waals surface area contributed by atoms with E-state index in [9.17, 15) is 0 Å². The molecule has 0 saturated carbocycles. The smallest absolute Gasteiger partial charge is 0.126 e.